The molecular formula is C15H19BrF2N2O2. The van der Waals surface area contributed by atoms with Crippen LogP contribution in [-0.2, 0) is 11.3 Å². The molecule has 0 unspecified atom stereocenters. The minimum atomic E-state index is -2.83. The summed E-state index contributed by atoms with van der Waals surface area (Å²) in [6.07, 6.45) is 2.43. The number of carbonyl (C=O) groups excluding carboxylic acids is 1. The number of likely N-dealkylation sites (tertiary alicyclic amines) is 1. The van der Waals surface area contributed by atoms with Crippen molar-refractivity contribution in [3.63, 3.8) is 0 Å². The van der Waals surface area contributed by atoms with E-state index in [4.69, 9.17) is 0 Å². The maximum atomic E-state index is 12.4. The lowest BCUT2D eigenvalue weighted by atomic mass is 10.2. The number of nitrogens with one attached hydrogen (secondary N) is 1. The Balaban J connectivity index is 1.76. The maximum absolute atomic E-state index is 12.4. The van der Waals surface area contributed by atoms with Gasteiger partial charge in [-0.2, -0.15) is 8.78 Å². The molecule has 0 aliphatic carbocycles. The second kappa shape index (κ2) is 8.43. The molecule has 0 bridgehead atoms. The van der Waals surface area contributed by atoms with Crippen LogP contribution < -0.4 is 10.1 Å². The third kappa shape index (κ3) is 5.21. The van der Waals surface area contributed by atoms with Crippen molar-refractivity contribution in [2.24, 2.45) is 0 Å². The van der Waals surface area contributed by atoms with Crippen molar-refractivity contribution in [1.82, 2.24) is 10.2 Å². The first kappa shape index (κ1) is 17.1. The van der Waals surface area contributed by atoms with Crippen LogP contribution in [0, 0.1) is 0 Å². The molecule has 0 atom stereocenters. The molecular weight excluding hydrogens is 358 g/mol. The van der Waals surface area contributed by atoms with Gasteiger partial charge in [-0.15, -0.1) is 0 Å². The van der Waals surface area contributed by atoms with E-state index in [2.05, 4.69) is 26.0 Å². The Kier molecular flexibility index (Phi) is 6.57. The van der Waals surface area contributed by atoms with Gasteiger partial charge in [0.2, 0.25) is 5.91 Å². The number of nitrogens with zero attached hydrogens (tertiary/aromatic N) is 1. The molecule has 1 amide bonds. The third-order valence-electron chi connectivity index (χ3n) is 3.51. The third-order valence-corrected chi connectivity index (χ3v) is 4.00. The minimum Gasteiger partial charge on any atom is -0.434 e. The van der Waals surface area contributed by atoms with E-state index in [1.807, 2.05) is 4.90 Å². The van der Waals surface area contributed by atoms with Gasteiger partial charge >= 0.3 is 6.61 Å². The summed E-state index contributed by atoms with van der Waals surface area (Å²) in [5.74, 6) is 0.403. The van der Waals surface area contributed by atoms with Crippen molar-refractivity contribution >= 4 is 21.8 Å². The first-order valence-corrected chi connectivity index (χ1v) is 8.07. The predicted octanol–water partition coefficient (Wildman–Crippen LogP) is 3.15. The molecule has 1 saturated heterocycles. The average molecular weight is 377 g/mol. The van der Waals surface area contributed by atoms with Crippen LogP contribution in [0.2, 0.25) is 0 Å². The zero-order valence-corrected chi connectivity index (χ0v) is 13.7. The number of ether oxygens (including phenoxy) is 1. The topological polar surface area (TPSA) is 41.6 Å². The molecule has 1 heterocycles. The molecule has 1 aromatic rings. The number of hydrogen-bond acceptors (Lipinski definition) is 3. The molecule has 1 fully saturated rings. The summed E-state index contributed by atoms with van der Waals surface area (Å²) < 4.78 is 30.0. The zero-order valence-electron chi connectivity index (χ0n) is 12.2. The van der Waals surface area contributed by atoms with Gasteiger partial charge in [-0.1, -0.05) is 15.9 Å². The number of benzene rings is 1. The van der Waals surface area contributed by atoms with E-state index in [1.54, 1.807) is 12.1 Å². The summed E-state index contributed by atoms with van der Waals surface area (Å²) in [5, 5.41) is 3.20. The van der Waals surface area contributed by atoms with E-state index in [-0.39, 0.29) is 11.7 Å². The van der Waals surface area contributed by atoms with Gasteiger partial charge in [-0.05, 0) is 37.6 Å². The fourth-order valence-electron chi connectivity index (χ4n) is 2.46. The van der Waals surface area contributed by atoms with Crippen LogP contribution in [0.4, 0.5) is 8.78 Å². The maximum Gasteiger partial charge on any atom is 0.387 e. The summed E-state index contributed by atoms with van der Waals surface area (Å²) in [4.78, 5) is 13.3. The van der Waals surface area contributed by atoms with Gasteiger partial charge < -0.3 is 15.0 Å². The van der Waals surface area contributed by atoms with Gasteiger partial charge in [0.15, 0.2) is 0 Å². The highest BCUT2D eigenvalue weighted by atomic mass is 79.9. The molecule has 4 nitrogen and oxygen atoms in total. The van der Waals surface area contributed by atoms with Crippen LogP contribution in [0.3, 0.4) is 0 Å². The molecule has 0 radical (unpaired) electrons. The molecule has 1 aliphatic rings. The lowest BCUT2D eigenvalue weighted by Crippen LogP contribution is -2.28. The van der Waals surface area contributed by atoms with Crippen LogP contribution in [0.25, 0.3) is 0 Å². The van der Waals surface area contributed by atoms with Gasteiger partial charge in [0.25, 0.3) is 0 Å². The monoisotopic (exact) mass is 376 g/mol. The van der Waals surface area contributed by atoms with Crippen LogP contribution in [-0.4, -0.2) is 37.1 Å². The van der Waals surface area contributed by atoms with Crippen molar-refractivity contribution in [2.45, 2.75) is 32.4 Å². The standard InChI is InChI=1S/C15H19BrF2N2O2/c16-12-4-5-13(22-15(17)18)11(9-12)10-19-6-2-8-20-7-1-3-14(20)21/h4-5,9,15,19H,1-3,6-8,10H2. The van der Waals surface area contributed by atoms with Crippen molar-refractivity contribution < 1.29 is 18.3 Å². The number of rotatable bonds is 8. The Labute approximate surface area is 136 Å². The molecule has 1 aromatic carbocycles. The van der Waals surface area contributed by atoms with E-state index in [9.17, 15) is 13.6 Å². The van der Waals surface area contributed by atoms with Gasteiger partial charge in [-0.25, -0.2) is 0 Å². The molecule has 122 valence electrons. The number of carbonyl (C=O) groups is 1. The molecule has 0 aromatic heterocycles. The Bertz CT molecular complexity index is 514. The summed E-state index contributed by atoms with van der Waals surface area (Å²) in [6.45, 7) is -0.0948. The molecule has 22 heavy (non-hydrogen) atoms. The Morgan fingerprint density at radius 2 is 2.23 bits per heavy atom. The van der Waals surface area contributed by atoms with E-state index >= 15 is 0 Å². The summed E-state index contributed by atoms with van der Waals surface area (Å²) in [6, 6.07) is 4.95. The van der Waals surface area contributed by atoms with Crippen LogP contribution in [0.15, 0.2) is 22.7 Å². The number of amides is 1. The Hall–Kier alpha value is -1.21. The minimum absolute atomic E-state index is 0.181. The second-order valence-corrected chi connectivity index (χ2v) is 6.06. The zero-order chi connectivity index (χ0) is 15.9. The molecule has 1 aliphatic heterocycles. The first-order valence-electron chi connectivity index (χ1n) is 7.28. The highest BCUT2D eigenvalue weighted by molar-refractivity contribution is 9.10. The number of halogens is 3. The largest absolute Gasteiger partial charge is 0.434 e. The lowest BCUT2D eigenvalue weighted by molar-refractivity contribution is -0.127. The number of alkyl halides is 2. The fourth-order valence-corrected chi connectivity index (χ4v) is 2.86. The Morgan fingerprint density at radius 1 is 1.41 bits per heavy atom. The van der Waals surface area contributed by atoms with E-state index in [1.165, 1.54) is 6.07 Å². The average Bonchev–Trinajstić information content (AvgIpc) is 2.86. The molecule has 1 N–H and O–H groups in total. The van der Waals surface area contributed by atoms with E-state index in [0.717, 1.165) is 30.4 Å². The smallest absolute Gasteiger partial charge is 0.387 e. The van der Waals surface area contributed by atoms with Crippen molar-refractivity contribution in [3.8, 4) is 5.75 Å². The fraction of sp³-hybridized carbons (Fsp3) is 0.533. The predicted molar refractivity (Wildman–Crippen MR) is 82.9 cm³/mol. The highest BCUT2D eigenvalue weighted by Crippen LogP contribution is 2.24. The molecule has 0 saturated carbocycles. The van der Waals surface area contributed by atoms with Crippen molar-refractivity contribution in [2.75, 3.05) is 19.6 Å². The van der Waals surface area contributed by atoms with Gasteiger partial charge in [0.1, 0.15) is 5.75 Å². The van der Waals surface area contributed by atoms with E-state index < -0.39 is 6.61 Å². The molecule has 2 rings (SSSR count). The van der Waals surface area contributed by atoms with Gasteiger partial charge in [0, 0.05) is 36.1 Å². The molecule has 7 heteroatoms. The first-order chi connectivity index (χ1) is 10.6. The Morgan fingerprint density at radius 3 is 2.91 bits per heavy atom. The van der Waals surface area contributed by atoms with Crippen LogP contribution >= 0.6 is 15.9 Å². The van der Waals surface area contributed by atoms with Crippen LogP contribution in [0.5, 0.6) is 5.75 Å². The summed E-state index contributed by atoms with van der Waals surface area (Å²) in [5.41, 5.74) is 0.673. The second-order valence-electron chi connectivity index (χ2n) is 5.15. The van der Waals surface area contributed by atoms with Crippen molar-refractivity contribution in [3.05, 3.63) is 28.2 Å². The normalized spacial score (nSPS) is 14.9. The quantitative estimate of drug-likeness (QED) is 0.708. The molecule has 0 spiro atoms. The highest BCUT2D eigenvalue weighted by Gasteiger charge is 2.18. The van der Waals surface area contributed by atoms with Crippen molar-refractivity contribution in [1.29, 1.82) is 0 Å². The summed E-state index contributed by atoms with van der Waals surface area (Å²) >= 11 is 3.32. The lowest BCUT2D eigenvalue weighted by Gasteiger charge is -2.16. The number of hydrogen-bond donors (Lipinski definition) is 1. The van der Waals surface area contributed by atoms with Crippen LogP contribution in [0.1, 0.15) is 24.8 Å². The van der Waals surface area contributed by atoms with E-state index in [0.29, 0.717) is 25.1 Å². The SMILES string of the molecule is O=C1CCCN1CCCNCc1cc(Br)ccc1OC(F)F. The van der Waals surface area contributed by atoms with Gasteiger partial charge in [0.05, 0.1) is 0 Å². The summed E-state index contributed by atoms with van der Waals surface area (Å²) in [7, 11) is 0. The van der Waals surface area contributed by atoms with Gasteiger partial charge in [-0.3, -0.25) is 4.79 Å².